The van der Waals surface area contributed by atoms with Crippen molar-refractivity contribution in [1.29, 1.82) is 0 Å². The minimum atomic E-state index is -0.0310. The molecule has 36 heavy (non-hydrogen) atoms. The third-order valence-corrected chi connectivity index (χ3v) is 8.02. The van der Waals surface area contributed by atoms with Gasteiger partial charge < -0.3 is 9.80 Å². The molecule has 1 aliphatic heterocycles. The number of thiophene rings is 1. The summed E-state index contributed by atoms with van der Waals surface area (Å²) in [6.45, 7) is 10.1. The van der Waals surface area contributed by atoms with Crippen molar-refractivity contribution in [1.82, 2.24) is 24.6 Å². The van der Waals surface area contributed by atoms with Gasteiger partial charge in [0.1, 0.15) is 0 Å². The number of rotatable bonds is 8. The van der Waals surface area contributed by atoms with Crippen molar-refractivity contribution in [2.24, 2.45) is 5.41 Å². The van der Waals surface area contributed by atoms with Gasteiger partial charge in [-0.3, -0.25) is 14.2 Å². The van der Waals surface area contributed by atoms with E-state index in [-0.39, 0.29) is 23.3 Å². The maximum Gasteiger partial charge on any atom is 0.223 e. The van der Waals surface area contributed by atoms with E-state index in [2.05, 4.69) is 53.7 Å². The summed E-state index contributed by atoms with van der Waals surface area (Å²) in [6, 6.07) is 14.3. The normalized spacial score (nSPS) is 16.4. The van der Waals surface area contributed by atoms with E-state index in [0.717, 1.165) is 33.7 Å². The van der Waals surface area contributed by atoms with Crippen LogP contribution >= 0.6 is 23.1 Å². The van der Waals surface area contributed by atoms with Crippen molar-refractivity contribution < 1.29 is 9.59 Å². The summed E-state index contributed by atoms with van der Waals surface area (Å²) in [5.74, 6) is 1.96. The van der Waals surface area contributed by atoms with Crippen molar-refractivity contribution in [3.05, 3.63) is 47.8 Å². The zero-order chi connectivity index (χ0) is 25.7. The van der Waals surface area contributed by atoms with Crippen LogP contribution in [0.3, 0.4) is 0 Å². The van der Waals surface area contributed by atoms with E-state index in [9.17, 15) is 9.59 Å². The maximum absolute atomic E-state index is 12.9. The summed E-state index contributed by atoms with van der Waals surface area (Å²) in [5.41, 5.74) is 0.994. The number of aromatic nitrogens is 3. The van der Waals surface area contributed by atoms with Crippen molar-refractivity contribution >= 4 is 34.9 Å². The first-order chi connectivity index (χ1) is 17.2. The molecule has 2 amide bonds. The van der Waals surface area contributed by atoms with E-state index in [0.29, 0.717) is 32.5 Å². The van der Waals surface area contributed by atoms with Gasteiger partial charge in [-0.25, -0.2) is 0 Å². The Labute approximate surface area is 221 Å². The SMILES string of the molecule is CC1CN(C(=O)CCCSc2nnc(-c3cccs3)n2-c2ccccc2)CCN1C(=O)CC(C)(C)C. The van der Waals surface area contributed by atoms with E-state index in [1.807, 2.05) is 46.4 Å². The second-order valence-corrected chi connectivity index (χ2v) is 12.4. The van der Waals surface area contributed by atoms with Crippen LogP contribution in [-0.2, 0) is 9.59 Å². The third kappa shape index (κ3) is 6.56. The summed E-state index contributed by atoms with van der Waals surface area (Å²) in [6.07, 6.45) is 1.79. The third-order valence-electron chi connectivity index (χ3n) is 6.14. The Morgan fingerprint density at radius 3 is 2.50 bits per heavy atom. The van der Waals surface area contributed by atoms with Gasteiger partial charge in [-0.2, -0.15) is 0 Å². The standard InChI is InChI=1S/C27H35N5O2S2/c1-20-19-30(14-15-31(20)24(34)18-27(2,3)4)23(33)13-9-17-36-26-29-28-25(22-12-8-16-35-22)32(26)21-10-6-5-7-11-21/h5-8,10-12,16,20H,9,13-15,17-19H2,1-4H3. The summed E-state index contributed by atoms with van der Waals surface area (Å²) in [4.78, 5) is 30.5. The Bertz CT molecular complexity index is 1150. The van der Waals surface area contributed by atoms with Crippen molar-refractivity contribution in [2.45, 2.75) is 58.2 Å². The molecule has 0 saturated carbocycles. The number of hydrogen-bond donors (Lipinski definition) is 0. The first-order valence-electron chi connectivity index (χ1n) is 12.5. The Hall–Kier alpha value is -2.65. The Balaban J connectivity index is 1.30. The van der Waals surface area contributed by atoms with E-state index in [1.165, 1.54) is 0 Å². The molecule has 0 aliphatic carbocycles. The molecular weight excluding hydrogens is 490 g/mol. The smallest absolute Gasteiger partial charge is 0.223 e. The average Bonchev–Trinajstić information content (AvgIpc) is 3.51. The van der Waals surface area contributed by atoms with Gasteiger partial charge in [0.25, 0.3) is 0 Å². The molecule has 1 aliphatic rings. The minimum absolute atomic E-state index is 0.0310. The number of carbonyl (C=O) groups is 2. The van der Waals surface area contributed by atoms with Gasteiger partial charge in [-0.05, 0) is 42.3 Å². The van der Waals surface area contributed by atoms with Crippen LogP contribution in [0, 0.1) is 5.41 Å². The first kappa shape index (κ1) is 26.4. The molecule has 7 nitrogen and oxygen atoms in total. The zero-order valence-corrected chi connectivity index (χ0v) is 23.1. The second kappa shape index (κ2) is 11.6. The quantitative estimate of drug-likeness (QED) is 0.292. The van der Waals surface area contributed by atoms with Gasteiger partial charge in [0.05, 0.1) is 4.88 Å². The van der Waals surface area contributed by atoms with E-state index < -0.39 is 0 Å². The van der Waals surface area contributed by atoms with Crippen LogP contribution in [-0.4, -0.2) is 67.8 Å². The van der Waals surface area contributed by atoms with Crippen molar-refractivity contribution in [3.8, 4) is 16.4 Å². The monoisotopic (exact) mass is 525 g/mol. The molecule has 192 valence electrons. The number of amides is 2. The van der Waals surface area contributed by atoms with Crippen LogP contribution in [0.5, 0.6) is 0 Å². The highest BCUT2D eigenvalue weighted by atomic mass is 32.2. The summed E-state index contributed by atoms with van der Waals surface area (Å²) in [5, 5.41) is 11.8. The number of benzene rings is 1. The molecule has 4 rings (SSSR count). The molecule has 3 heterocycles. The lowest BCUT2D eigenvalue weighted by Crippen LogP contribution is -2.55. The molecular formula is C27H35N5O2S2. The lowest BCUT2D eigenvalue weighted by molar-refractivity contribution is -0.143. The molecule has 1 unspecified atom stereocenters. The van der Waals surface area contributed by atoms with Crippen LogP contribution in [0.4, 0.5) is 0 Å². The Morgan fingerprint density at radius 2 is 1.83 bits per heavy atom. The van der Waals surface area contributed by atoms with Crippen LogP contribution < -0.4 is 0 Å². The van der Waals surface area contributed by atoms with Crippen LogP contribution in [0.1, 0.15) is 47.0 Å². The summed E-state index contributed by atoms with van der Waals surface area (Å²) < 4.78 is 2.09. The number of para-hydroxylation sites is 1. The lowest BCUT2D eigenvalue weighted by Gasteiger charge is -2.41. The molecule has 2 aromatic heterocycles. The number of carbonyl (C=O) groups excluding carboxylic acids is 2. The predicted octanol–water partition coefficient (Wildman–Crippen LogP) is 5.36. The molecule has 0 bridgehead atoms. The minimum Gasteiger partial charge on any atom is -0.339 e. The Kier molecular flexibility index (Phi) is 8.51. The molecule has 1 saturated heterocycles. The largest absolute Gasteiger partial charge is 0.339 e. The van der Waals surface area contributed by atoms with E-state index in [4.69, 9.17) is 0 Å². The number of thioether (sulfide) groups is 1. The molecule has 0 spiro atoms. The lowest BCUT2D eigenvalue weighted by atomic mass is 9.91. The fraction of sp³-hybridized carbons (Fsp3) is 0.481. The molecule has 0 N–H and O–H groups in total. The van der Waals surface area contributed by atoms with Gasteiger partial charge in [0.2, 0.25) is 11.8 Å². The fourth-order valence-electron chi connectivity index (χ4n) is 4.39. The fourth-order valence-corrected chi connectivity index (χ4v) is 5.98. The van der Waals surface area contributed by atoms with Gasteiger partial charge in [0, 0.05) is 50.0 Å². The van der Waals surface area contributed by atoms with Crippen molar-refractivity contribution in [2.75, 3.05) is 25.4 Å². The molecule has 1 atom stereocenters. The number of nitrogens with zero attached hydrogens (tertiary/aromatic N) is 5. The van der Waals surface area contributed by atoms with Gasteiger partial charge in [-0.1, -0.05) is 56.8 Å². The highest BCUT2D eigenvalue weighted by Gasteiger charge is 2.31. The Morgan fingerprint density at radius 1 is 1.06 bits per heavy atom. The number of hydrogen-bond acceptors (Lipinski definition) is 6. The van der Waals surface area contributed by atoms with Crippen LogP contribution in [0.25, 0.3) is 16.4 Å². The van der Waals surface area contributed by atoms with Gasteiger partial charge >= 0.3 is 0 Å². The van der Waals surface area contributed by atoms with Crippen LogP contribution in [0.2, 0.25) is 0 Å². The van der Waals surface area contributed by atoms with Crippen LogP contribution in [0.15, 0.2) is 53.0 Å². The second-order valence-electron chi connectivity index (χ2n) is 10.4. The van der Waals surface area contributed by atoms with Crippen molar-refractivity contribution in [3.63, 3.8) is 0 Å². The zero-order valence-electron chi connectivity index (χ0n) is 21.5. The first-order valence-corrected chi connectivity index (χ1v) is 14.3. The number of piperazine rings is 1. The predicted molar refractivity (Wildman–Crippen MR) is 146 cm³/mol. The van der Waals surface area contributed by atoms with E-state index in [1.54, 1.807) is 23.1 Å². The summed E-state index contributed by atoms with van der Waals surface area (Å²) in [7, 11) is 0. The molecule has 1 aromatic carbocycles. The molecule has 1 fully saturated rings. The van der Waals surface area contributed by atoms with E-state index >= 15 is 0 Å². The maximum atomic E-state index is 12.9. The van der Waals surface area contributed by atoms with Gasteiger partial charge in [-0.15, -0.1) is 21.5 Å². The highest BCUT2D eigenvalue weighted by Crippen LogP contribution is 2.31. The highest BCUT2D eigenvalue weighted by molar-refractivity contribution is 7.99. The molecule has 0 radical (unpaired) electrons. The topological polar surface area (TPSA) is 71.3 Å². The van der Waals surface area contributed by atoms with Gasteiger partial charge in [0.15, 0.2) is 11.0 Å². The molecule has 3 aromatic rings. The average molecular weight is 526 g/mol. The summed E-state index contributed by atoms with van der Waals surface area (Å²) >= 11 is 3.27. The molecule has 9 heteroatoms.